The summed E-state index contributed by atoms with van der Waals surface area (Å²) in [5.41, 5.74) is 1.91. The minimum Gasteiger partial charge on any atom is -0.462 e. The molecule has 4 nitrogen and oxygen atoms in total. The van der Waals surface area contributed by atoms with Gasteiger partial charge < -0.3 is 10.1 Å². The van der Waals surface area contributed by atoms with E-state index in [9.17, 15) is 9.59 Å². The number of hydrogen-bond acceptors (Lipinski definition) is 4. The summed E-state index contributed by atoms with van der Waals surface area (Å²) in [5.74, 6) is -0.895. The molecule has 1 aliphatic heterocycles. The van der Waals surface area contributed by atoms with E-state index in [4.69, 9.17) is 4.74 Å². The molecule has 0 unspecified atom stereocenters. The van der Waals surface area contributed by atoms with Crippen LogP contribution in [0.4, 0.5) is 0 Å². The van der Waals surface area contributed by atoms with Crippen LogP contribution in [0, 0.1) is 0 Å². The minimum atomic E-state index is -0.575. The standard InChI is InChI=1S/C15H15NO3/c1-3-19-15(18)13-10(2)16-12(14(13)17)9-11-7-5-4-6-8-11/h4-9,16H,3H2,1-2H3/b12-9+. The average Bonchev–Trinajstić information content (AvgIpc) is 2.66. The van der Waals surface area contributed by atoms with Crippen LogP contribution in [0.1, 0.15) is 19.4 Å². The first-order valence-corrected chi connectivity index (χ1v) is 6.10. The van der Waals surface area contributed by atoms with Crippen LogP contribution >= 0.6 is 0 Å². The predicted octanol–water partition coefficient (Wildman–Crippen LogP) is 2.04. The molecule has 0 fully saturated rings. The van der Waals surface area contributed by atoms with Gasteiger partial charge in [0, 0.05) is 5.70 Å². The zero-order valence-electron chi connectivity index (χ0n) is 10.9. The van der Waals surface area contributed by atoms with E-state index >= 15 is 0 Å². The molecule has 0 aromatic heterocycles. The van der Waals surface area contributed by atoms with E-state index in [0.717, 1.165) is 5.56 Å². The number of benzene rings is 1. The topological polar surface area (TPSA) is 55.4 Å². The van der Waals surface area contributed by atoms with E-state index in [1.54, 1.807) is 19.9 Å². The normalized spacial score (nSPS) is 16.7. The summed E-state index contributed by atoms with van der Waals surface area (Å²) in [4.78, 5) is 23.8. The number of hydrogen-bond donors (Lipinski definition) is 1. The molecular formula is C15H15NO3. The summed E-state index contributed by atoms with van der Waals surface area (Å²) in [7, 11) is 0. The lowest BCUT2D eigenvalue weighted by atomic mass is 10.1. The molecule has 0 spiro atoms. The SMILES string of the molecule is CCOC(=O)C1=C(C)N/C(=C/c2ccccc2)C1=O. The number of carbonyl (C=O) groups is 2. The van der Waals surface area contributed by atoms with Crippen molar-refractivity contribution in [2.45, 2.75) is 13.8 Å². The highest BCUT2D eigenvalue weighted by molar-refractivity contribution is 6.27. The maximum Gasteiger partial charge on any atom is 0.343 e. The molecule has 1 heterocycles. The number of Topliss-reactive ketones (excluding diaryl/α,β-unsaturated/α-hetero) is 1. The van der Waals surface area contributed by atoms with E-state index in [2.05, 4.69) is 5.32 Å². The van der Waals surface area contributed by atoms with E-state index in [0.29, 0.717) is 11.4 Å². The summed E-state index contributed by atoms with van der Waals surface area (Å²) < 4.78 is 4.88. The van der Waals surface area contributed by atoms with Gasteiger partial charge in [0.1, 0.15) is 5.57 Å². The number of carbonyl (C=O) groups excluding carboxylic acids is 2. The molecule has 19 heavy (non-hydrogen) atoms. The third kappa shape index (κ3) is 2.73. The van der Waals surface area contributed by atoms with Gasteiger partial charge in [-0.3, -0.25) is 4.79 Å². The second-order valence-electron chi connectivity index (χ2n) is 4.14. The Morgan fingerprint density at radius 2 is 2.00 bits per heavy atom. The van der Waals surface area contributed by atoms with Crippen molar-refractivity contribution in [3.63, 3.8) is 0 Å². The fraction of sp³-hybridized carbons (Fsp3) is 0.200. The van der Waals surface area contributed by atoms with Gasteiger partial charge in [-0.1, -0.05) is 30.3 Å². The number of nitrogens with one attached hydrogen (secondary N) is 1. The van der Waals surface area contributed by atoms with Crippen molar-refractivity contribution in [2.75, 3.05) is 6.61 Å². The zero-order valence-corrected chi connectivity index (χ0v) is 10.9. The molecule has 0 aliphatic carbocycles. The molecule has 1 aromatic rings. The third-order valence-corrected chi connectivity index (χ3v) is 2.76. The Bertz CT molecular complexity index is 570. The molecule has 4 heteroatoms. The fourth-order valence-corrected chi connectivity index (χ4v) is 1.89. The highest BCUT2D eigenvalue weighted by atomic mass is 16.5. The average molecular weight is 257 g/mol. The Labute approximate surface area is 111 Å². The molecule has 0 radical (unpaired) electrons. The van der Waals surface area contributed by atoms with Crippen LogP contribution in [0.5, 0.6) is 0 Å². The van der Waals surface area contributed by atoms with Crippen molar-refractivity contribution in [2.24, 2.45) is 0 Å². The van der Waals surface area contributed by atoms with Gasteiger partial charge in [0.25, 0.3) is 0 Å². The lowest BCUT2D eigenvalue weighted by Gasteiger charge is -2.00. The van der Waals surface area contributed by atoms with Crippen molar-refractivity contribution < 1.29 is 14.3 Å². The first kappa shape index (κ1) is 13.1. The Hall–Kier alpha value is -2.36. The molecule has 0 amide bonds. The second-order valence-corrected chi connectivity index (χ2v) is 4.14. The summed E-state index contributed by atoms with van der Waals surface area (Å²) >= 11 is 0. The van der Waals surface area contributed by atoms with E-state index in [1.165, 1.54) is 0 Å². The van der Waals surface area contributed by atoms with Crippen LogP contribution in [-0.2, 0) is 14.3 Å². The van der Waals surface area contributed by atoms with Crippen molar-refractivity contribution in [3.8, 4) is 0 Å². The van der Waals surface area contributed by atoms with Gasteiger partial charge >= 0.3 is 5.97 Å². The van der Waals surface area contributed by atoms with Gasteiger partial charge in [0.05, 0.1) is 12.3 Å². The fourth-order valence-electron chi connectivity index (χ4n) is 1.89. The molecule has 2 rings (SSSR count). The molecule has 0 bridgehead atoms. The monoisotopic (exact) mass is 257 g/mol. The predicted molar refractivity (Wildman–Crippen MR) is 71.9 cm³/mol. The number of ketones is 1. The van der Waals surface area contributed by atoms with Crippen LogP contribution in [0.2, 0.25) is 0 Å². The lowest BCUT2D eigenvalue weighted by Crippen LogP contribution is -2.14. The summed E-state index contributed by atoms with van der Waals surface area (Å²) in [6.07, 6.45) is 1.72. The third-order valence-electron chi connectivity index (χ3n) is 2.76. The number of allylic oxidation sites excluding steroid dienone is 2. The van der Waals surface area contributed by atoms with Crippen LogP contribution < -0.4 is 5.32 Å². The van der Waals surface area contributed by atoms with Crippen molar-refractivity contribution in [3.05, 3.63) is 52.9 Å². The highest BCUT2D eigenvalue weighted by Gasteiger charge is 2.31. The van der Waals surface area contributed by atoms with Crippen molar-refractivity contribution in [1.29, 1.82) is 0 Å². The van der Waals surface area contributed by atoms with Crippen LogP contribution in [0.25, 0.3) is 6.08 Å². The van der Waals surface area contributed by atoms with E-state index in [1.807, 2.05) is 30.3 Å². The highest BCUT2D eigenvalue weighted by Crippen LogP contribution is 2.21. The zero-order chi connectivity index (χ0) is 13.8. The van der Waals surface area contributed by atoms with Gasteiger partial charge in [-0.2, -0.15) is 0 Å². The number of esters is 1. The molecule has 0 saturated carbocycles. The molecule has 1 N–H and O–H groups in total. The quantitative estimate of drug-likeness (QED) is 0.511. The number of ether oxygens (including phenoxy) is 1. The van der Waals surface area contributed by atoms with Crippen LogP contribution in [-0.4, -0.2) is 18.4 Å². The van der Waals surface area contributed by atoms with E-state index < -0.39 is 5.97 Å². The molecular weight excluding hydrogens is 242 g/mol. The summed E-state index contributed by atoms with van der Waals surface area (Å²) in [6, 6.07) is 9.45. The maximum atomic E-state index is 12.1. The first-order valence-electron chi connectivity index (χ1n) is 6.10. The second kappa shape index (κ2) is 5.52. The van der Waals surface area contributed by atoms with Crippen LogP contribution in [0.15, 0.2) is 47.3 Å². The van der Waals surface area contributed by atoms with Gasteiger partial charge in [0.15, 0.2) is 0 Å². The smallest absolute Gasteiger partial charge is 0.343 e. The van der Waals surface area contributed by atoms with Crippen molar-refractivity contribution in [1.82, 2.24) is 5.32 Å². The minimum absolute atomic E-state index is 0.0871. The molecule has 0 atom stereocenters. The Balaban J connectivity index is 2.25. The summed E-state index contributed by atoms with van der Waals surface area (Å²) in [5, 5.41) is 2.93. The van der Waals surface area contributed by atoms with Crippen LogP contribution in [0.3, 0.4) is 0 Å². The lowest BCUT2D eigenvalue weighted by molar-refractivity contribution is -0.139. The Morgan fingerprint density at radius 3 is 2.63 bits per heavy atom. The number of rotatable bonds is 3. The largest absolute Gasteiger partial charge is 0.462 e. The maximum absolute atomic E-state index is 12.1. The van der Waals surface area contributed by atoms with Crippen molar-refractivity contribution >= 4 is 17.8 Å². The Morgan fingerprint density at radius 1 is 1.32 bits per heavy atom. The first-order chi connectivity index (χ1) is 9.13. The molecule has 1 aliphatic rings. The Kier molecular flexibility index (Phi) is 3.80. The molecule has 1 aromatic carbocycles. The van der Waals surface area contributed by atoms with Gasteiger partial charge in [-0.15, -0.1) is 0 Å². The molecule has 0 saturated heterocycles. The van der Waals surface area contributed by atoms with Gasteiger partial charge in [-0.05, 0) is 25.5 Å². The van der Waals surface area contributed by atoms with Gasteiger partial charge in [0.2, 0.25) is 5.78 Å². The van der Waals surface area contributed by atoms with E-state index in [-0.39, 0.29) is 18.0 Å². The molecule has 98 valence electrons. The van der Waals surface area contributed by atoms with Gasteiger partial charge in [-0.25, -0.2) is 4.79 Å². The summed E-state index contributed by atoms with van der Waals surface area (Å²) in [6.45, 7) is 3.65.